The Labute approximate surface area is 135 Å². The highest BCUT2D eigenvalue weighted by Crippen LogP contribution is 2.53. The summed E-state index contributed by atoms with van der Waals surface area (Å²) in [5.41, 5.74) is -2.78. The van der Waals surface area contributed by atoms with Gasteiger partial charge in [-0.05, 0) is 18.6 Å². The van der Waals surface area contributed by atoms with Crippen LogP contribution in [0.3, 0.4) is 0 Å². The molecule has 25 heavy (non-hydrogen) atoms. The first kappa shape index (κ1) is 24.6. The van der Waals surface area contributed by atoms with Gasteiger partial charge in [0.15, 0.2) is 0 Å². The maximum atomic E-state index is 13.1. The van der Waals surface area contributed by atoms with Gasteiger partial charge in [-0.1, -0.05) is 0 Å². The second kappa shape index (κ2) is 6.98. The molecule has 0 heterocycles. The van der Waals surface area contributed by atoms with Crippen molar-refractivity contribution in [3.63, 3.8) is 0 Å². The van der Waals surface area contributed by atoms with Crippen molar-refractivity contribution in [2.45, 2.75) is 55.7 Å². The highest BCUT2D eigenvalue weighted by Gasteiger charge is 2.64. The van der Waals surface area contributed by atoms with E-state index in [1.54, 1.807) is 0 Å². The third-order valence-electron chi connectivity index (χ3n) is 3.17. The predicted molar refractivity (Wildman–Crippen MR) is 65.6 cm³/mol. The summed E-state index contributed by atoms with van der Waals surface area (Å²) >= 11 is 0. The Balaban J connectivity index is 5.88. The molecule has 0 aromatic carbocycles. The summed E-state index contributed by atoms with van der Waals surface area (Å²) in [6.45, 7) is 1.10. The molecule has 0 unspecified atom stereocenters. The van der Waals surface area contributed by atoms with Crippen LogP contribution in [0, 0.1) is 0 Å². The molecule has 152 valence electrons. The number of hydrogen-bond donors (Lipinski definition) is 2. The molecule has 0 aliphatic heterocycles. The molecule has 2 N–H and O–H groups in total. The topological polar surface area (TPSA) is 66.8 Å². The number of phosphoric acid groups is 1. The molecule has 0 bridgehead atoms. The summed E-state index contributed by atoms with van der Waals surface area (Å²) < 4.78 is 141. The first-order valence-electron chi connectivity index (χ1n) is 6.17. The number of hydrogen-bond acceptors (Lipinski definition) is 2. The Morgan fingerprint density at radius 3 is 1.32 bits per heavy atom. The summed E-state index contributed by atoms with van der Waals surface area (Å²) in [5, 5.41) is 0. The summed E-state index contributed by atoms with van der Waals surface area (Å²) in [5.74, 6) is -11.3. The minimum absolute atomic E-state index is 0.551. The number of alkyl halides is 10. The third-order valence-corrected chi connectivity index (χ3v) is 8.38. The molecular formula is C9H13F10O4PSi. The van der Waals surface area contributed by atoms with Crippen LogP contribution in [-0.4, -0.2) is 42.3 Å². The Morgan fingerprint density at radius 1 is 0.840 bits per heavy atom. The van der Waals surface area contributed by atoms with Crippen LogP contribution in [0.25, 0.3) is 0 Å². The summed E-state index contributed by atoms with van der Waals surface area (Å²) in [4.78, 5) is 17.2. The zero-order valence-corrected chi connectivity index (χ0v) is 14.3. The van der Waals surface area contributed by atoms with Crippen LogP contribution in [0.15, 0.2) is 0 Å². The van der Waals surface area contributed by atoms with Crippen molar-refractivity contribution >= 4 is 16.1 Å². The SMILES string of the molecule is C[Si](C)(OP(=O)(O)O)C(CC(F)(F)C(F)(F)F)CC(F)(F)C(F)(F)F. The minimum atomic E-state index is -6.26. The maximum Gasteiger partial charge on any atom is 0.459 e. The average molecular weight is 434 g/mol. The van der Waals surface area contributed by atoms with E-state index in [1.165, 1.54) is 0 Å². The van der Waals surface area contributed by atoms with Crippen LogP contribution in [0.5, 0.6) is 0 Å². The van der Waals surface area contributed by atoms with E-state index in [-0.39, 0.29) is 0 Å². The lowest BCUT2D eigenvalue weighted by molar-refractivity contribution is -0.295. The predicted octanol–water partition coefficient (Wildman–Crippen LogP) is 4.85. The standard InChI is InChI=1S/C9H13F10O4PSi/c1-25(2,23-24(20,21)22)5(3-6(10,11)8(14,15)16)4-7(12,13)9(17,18)19/h5H,3-4H2,1-2H3,(H2,20,21,22). The molecule has 0 fully saturated rings. The van der Waals surface area contributed by atoms with Gasteiger partial charge in [-0.25, -0.2) is 4.57 Å². The summed E-state index contributed by atoms with van der Waals surface area (Å²) in [6, 6.07) is 0. The molecule has 0 aliphatic carbocycles. The number of rotatable bonds is 7. The molecule has 16 heteroatoms. The normalized spacial score (nSPS) is 15.8. The van der Waals surface area contributed by atoms with Crippen LogP contribution < -0.4 is 0 Å². The van der Waals surface area contributed by atoms with Crippen molar-refractivity contribution in [2.75, 3.05) is 0 Å². The first-order chi connectivity index (χ1) is 10.5. The van der Waals surface area contributed by atoms with E-state index in [1.807, 2.05) is 0 Å². The van der Waals surface area contributed by atoms with Gasteiger partial charge < -0.3 is 14.0 Å². The lowest BCUT2D eigenvalue weighted by Gasteiger charge is -2.36. The molecule has 0 saturated heterocycles. The fraction of sp³-hybridized carbons (Fsp3) is 1.00. The van der Waals surface area contributed by atoms with Crippen molar-refractivity contribution in [3.05, 3.63) is 0 Å². The monoisotopic (exact) mass is 434 g/mol. The van der Waals surface area contributed by atoms with Gasteiger partial charge in [0, 0.05) is 12.8 Å². The van der Waals surface area contributed by atoms with E-state index < -0.39 is 58.7 Å². The van der Waals surface area contributed by atoms with E-state index in [2.05, 4.69) is 4.21 Å². The fourth-order valence-electron chi connectivity index (χ4n) is 1.80. The average Bonchev–Trinajstić information content (AvgIpc) is 2.20. The van der Waals surface area contributed by atoms with Crippen LogP contribution in [0.4, 0.5) is 43.9 Å². The Hall–Kier alpha value is -0.373. The van der Waals surface area contributed by atoms with Gasteiger partial charge in [0.25, 0.3) is 0 Å². The zero-order chi connectivity index (χ0) is 20.7. The van der Waals surface area contributed by atoms with E-state index in [0.29, 0.717) is 13.1 Å². The molecule has 0 aromatic rings. The summed E-state index contributed by atoms with van der Waals surface area (Å²) in [7, 11) is -10.1. The van der Waals surface area contributed by atoms with Gasteiger partial charge in [0.2, 0.25) is 8.32 Å². The van der Waals surface area contributed by atoms with Crippen molar-refractivity contribution in [2.24, 2.45) is 0 Å². The molecule has 4 nitrogen and oxygen atoms in total. The van der Waals surface area contributed by atoms with Gasteiger partial charge in [-0.15, -0.1) is 0 Å². The largest absolute Gasteiger partial charge is 0.459 e. The smallest absolute Gasteiger partial charge is 0.330 e. The van der Waals surface area contributed by atoms with E-state index >= 15 is 0 Å². The van der Waals surface area contributed by atoms with Gasteiger partial charge in [0.05, 0.1) is 0 Å². The Morgan fingerprint density at radius 2 is 1.12 bits per heavy atom. The second-order valence-corrected chi connectivity index (χ2v) is 11.4. The van der Waals surface area contributed by atoms with Crippen LogP contribution >= 0.6 is 7.82 Å². The van der Waals surface area contributed by atoms with Gasteiger partial charge in [-0.2, -0.15) is 43.9 Å². The Kier molecular flexibility index (Phi) is 6.88. The maximum absolute atomic E-state index is 13.1. The van der Waals surface area contributed by atoms with Crippen LogP contribution in [-0.2, 0) is 8.78 Å². The minimum Gasteiger partial charge on any atom is -0.330 e. The van der Waals surface area contributed by atoms with Gasteiger partial charge >= 0.3 is 32.0 Å². The second-order valence-electron chi connectivity index (χ2n) is 5.69. The quantitative estimate of drug-likeness (QED) is 0.342. The Bertz CT molecular complexity index is 483. The van der Waals surface area contributed by atoms with Crippen molar-refractivity contribution in [3.8, 4) is 0 Å². The molecule has 0 atom stereocenters. The number of halogens is 10. The van der Waals surface area contributed by atoms with Crippen LogP contribution in [0.1, 0.15) is 12.8 Å². The molecule has 0 saturated carbocycles. The molecule has 0 aromatic heterocycles. The molecule has 0 amide bonds. The molecule has 0 rings (SSSR count). The van der Waals surface area contributed by atoms with Crippen molar-refractivity contribution in [1.82, 2.24) is 0 Å². The van der Waals surface area contributed by atoms with Crippen molar-refractivity contribution < 1.29 is 62.5 Å². The van der Waals surface area contributed by atoms with Gasteiger partial charge in [-0.3, -0.25) is 0 Å². The lowest BCUT2D eigenvalue weighted by Crippen LogP contribution is -2.48. The van der Waals surface area contributed by atoms with Crippen molar-refractivity contribution in [1.29, 1.82) is 0 Å². The highest BCUT2D eigenvalue weighted by molar-refractivity contribution is 7.48. The molecule has 0 radical (unpaired) electrons. The van der Waals surface area contributed by atoms with E-state index in [9.17, 15) is 48.5 Å². The fourth-order valence-corrected chi connectivity index (χ4v) is 6.34. The van der Waals surface area contributed by atoms with E-state index in [0.717, 1.165) is 0 Å². The zero-order valence-electron chi connectivity index (χ0n) is 12.4. The lowest BCUT2D eigenvalue weighted by atomic mass is 10.1. The highest BCUT2D eigenvalue weighted by atomic mass is 31.2. The van der Waals surface area contributed by atoms with E-state index in [4.69, 9.17) is 9.79 Å². The first-order valence-corrected chi connectivity index (χ1v) is 10.7. The molecule has 0 spiro atoms. The third kappa shape index (κ3) is 7.04. The molecule has 0 aliphatic rings. The van der Waals surface area contributed by atoms with Gasteiger partial charge in [0.1, 0.15) is 0 Å². The summed E-state index contributed by atoms with van der Waals surface area (Å²) in [6.07, 6.45) is -17.6. The van der Waals surface area contributed by atoms with Crippen LogP contribution in [0.2, 0.25) is 18.6 Å². The molecular weight excluding hydrogens is 421 g/mol.